The van der Waals surface area contributed by atoms with Crippen molar-refractivity contribution in [2.75, 3.05) is 5.32 Å². The molecule has 1 saturated carbocycles. The van der Waals surface area contributed by atoms with Crippen molar-refractivity contribution in [2.24, 2.45) is 5.92 Å². The van der Waals surface area contributed by atoms with Crippen molar-refractivity contribution in [1.29, 1.82) is 10.5 Å². The fourth-order valence-corrected chi connectivity index (χ4v) is 4.17. The van der Waals surface area contributed by atoms with Crippen molar-refractivity contribution >= 4 is 17.5 Å². The molecule has 2 aromatic heterocycles. The Morgan fingerprint density at radius 2 is 1.94 bits per heavy atom. The fourth-order valence-electron chi connectivity index (χ4n) is 4.17. The first-order chi connectivity index (χ1) is 16.5. The van der Waals surface area contributed by atoms with E-state index >= 15 is 0 Å². The molecular weight excluding hydrogens is 428 g/mol. The number of nitrogens with zero attached hydrogens (tertiary/aromatic N) is 6. The van der Waals surface area contributed by atoms with E-state index in [1.807, 2.05) is 36.0 Å². The average Bonchev–Trinajstić information content (AvgIpc) is 3.33. The highest BCUT2D eigenvalue weighted by molar-refractivity contribution is 6.01. The number of hydrogen-bond acceptors (Lipinski definition) is 7. The van der Waals surface area contributed by atoms with E-state index in [0.29, 0.717) is 22.8 Å². The van der Waals surface area contributed by atoms with Gasteiger partial charge in [-0.1, -0.05) is 18.2 Å². The molecule has 172 valence electrons. The lowest BCUT2D eigenvalue weighted by Gasteiger charge is -2.24. The Bertz CT molecular complexity index is 1260. The number of carbonyl (C=O) groups is 1. The molecular formula is C25H26N8O. The van der Waals surface area contributed by atoms with Gasteiger partial charge in [-0.25, -0.2) is 9.97 Å². The van der Waals surface area contributed by atoms with Crippen molar-refractivity contribution in [3.63, 3.8) is 0 Å². The average molecular weight is 455 g/mol. The molecule has 34 heavy (non-hydrogen) atoms. The minimum atomic E-state index is -0.601. The van der Waals surface area contributed by atoms with Crippen LogP contribution in [0.25, 0.3) is 11.3 Å². The predicted octanol–water partition coefficient (Wildman–Crippen LogP) is 4.29. The van der Waals surface area contributed by atoms with Gasteiger partial charge in [0.15, 0.2) is 0 Å². The summed E-state index contributed by atoms with van der Waals surface area (Å²) in [5.74, 6) is 0.218. The summed E-state index contributed by atoms with van der Waals surface area (Å²) in [6.07, 6.45) is 9.06. The molecule has 1 fully saturated rings. The Labute approximate surface area is 198 Å². The molecule has 0 spiro atoms. The van der Waals surface area contributed by atoms with E-state index in [-0.39, 0.29) is 17.9 Å². The molecule has 1 amide bonds. The van der Waals surface area contributed by atoms with Gasteiger partial charge in [0.2, 0.25) is 5.95 Å². The third kappa shape index (κ3) is 5.05. The number of aromatic nitrogens is 4. The lowest BCUT2D eigenvalue weighted by Crippen LogP contribution is -2.31. The number of hydrogen-bond donors (Lipinski definition) is 2. The maximum absolute atomic E-state index is 12.7. The van der Waals surface area contributed by atoms with Gasteiger partial charge in [0, 0.05) is 29.4 Å². The van der Waals surface area contributed by atoms with Crippen molar-refractivity contribution < 1.29 is 4.79 Å². The lowest BCUT2D eigenvalue weighted by atomic mass is 9.87. The van der Waals surface area contributed by atoms with Gasteiger partial charge in [-0.05, 0) is 51.2 Å². The summed E-state index contributed by atoms with van der Waals surface area (Å²) in [6, 6.07) is 11.2. The number of nitriles is 2. The zero-order valence-electron chi connectivity index (χ0n) is 19.2. The van der Waals surface area contributed by atoms with Crippen LogP contribution in [0, 0.1) is 35.5 Å². The van der Waals surface area contributed by atoms with Crippen LogP contribution in [0.3, 0.4) is 0 Å². The van der Waals surface area contributed by atoms with Crippen molar-refractivity contribution in [1.82, 2.24) is 25.1 Å². The third-order valence-corrected chi connectivity index (χ3v) is 6.05. The van der Waals surface area contributed by atoms with Crippen LogP contribution < -0.4 is 10.6 Å². The minimum Gasteiger partial charge on any atom is -0.337 e. The van der Waals surface area contributed by atoms with Gasteiger partial charge in [0.25, 0.3) is 5.91 Å². The summed E-state index contributed by atoms with van der Waals surface area (Å²) in [5.41, 5.74) is 3.33. The minimum absolute atomic E-state index is 0.150. The highest BCUT2D eigenvalue weighted by atomic mass is 16.1. The van der Waals surface area contributed by atoms with Gasteiger partial charge < -0.3 is 10.6 Å². The molecule has 1 aliphatic carbocycles. The summed E-state index contributed by atoms with van der Waals surface area (Å²) in [4.78, 5) is 21.8. The van der Waals surface area contributed by atoms with E-state index in [0.717, 1.165) is 36.9 Å². The molecule has 0 saturated heterocycles. The van der Waals surface area contributed by atoms with Gasteiger partial charge >= 0.3 is 0 Å². The SMILES string of the molecule is Cc1cnc(Nc2cnn(C3CCC(C#N)CC3)c2)nc1-c1ccccc1C(=O)N[C@@H](C)C#N. The monoisotopic (exact) mass is 454 g/mol. The molecule has 1 atom stereocenters. The summed E-state index contributed by atoms with van der Waals surface area (Å²) in [5, 5.41) is 28.5. The van der Waals surface area contributed by atoms with Crippen molar-refractivity contribution in [2.45, 2.75) is 51.6 Å². The van der Waals surface area contributed by atoms with E-state index in [2.05, 4.69) is 31.8 Å². The Kier molecular flexibility index (Phi) is 6.84. The number of nitrogens with one attached hydrogen (secondary N) is 2. The maximum atomic E-state index is 12.7. The molecule has 1 aromatic carbocycles. The molecule has 4 rings (SSSR count). The van der Waals surface area contributed by atoms with Gasteiger partial charge in [0.1, 0.15) is 6.04 Å². The molecule has 0 radical (unpaired) electrons. The second-order valence-corrected chi connectivity index (χ2v) is 8.56. The summed E-state index contributed by atoms with van der Waals surface area (Å²) in [7, 11) is 0. The predicted molar refractivity (Wildman–Crippen MR) is 127 cm³/mol. The maximum Gasteiger partial charge on any atom is 0.252 e. The Morgan fingerprint density at radius 1 is 1.18 bits per heavy atom. The van der Waals surface area contributed by atoms with Gasteiger partial charge in [-0.15, -0.1) is 0 Å². The number of carbonyl (C=O) groups excluding carboxylic acids is 1. The number of amides is 1. The van der Waals surface area contributed by atoms with Crippen LogP contribution in [0.15, 0.2) is 42.9 Å². The van der Waals surface area contributed by atoms with Gasteiger partial charge in [-0.2, -0.15) is 15.6 Å². The van der Waals surface area contributed by atoms with Crippen molar-refractivity contribution in [3.05, 3.63) is 54.0 Å². The summed E-state index contributed by atoms with van der Waals surface area (Å²) < 4.78 is 1.95. The third-order valence-electron chi connectivity index (χ3n) is 6.05. The largest absolute Gasteiger partial charge is 0.337 e. The second kappa shape index (κ2) is 10.1. The van der Waals surface area contributed by atoms with Crippen molar-refractivity contribution in [3.8, 4) is 23.4 Å². The molecule has 9 heteroatoms. The Hall–Kier alpha value is -4.24. The number of rotatable bonds is 6. The number of benzene rings is 1. The Balaban J connectivity index is 1.55. The lowest BCUT2D eigenvalue weighted by molar-refractivity contribution is 0.0948. The molecule has 2 N–H and O–H groups in total. The smallest absolute Gasteiger partial charge is 0.252 e. The zero-order chi connectivity index (χ0) is 24.1. The standard InChI is InChI=1S/C25H26N8O/c1-16-13-28-25(31-19-14-29-33(15-19)20-9-7-18(12-27)8-10-20)32-23(16)21-5-3-4-6-22(21)24(34)30-17(2)11-26/h3-6,13-15,17-18,20H,7-10H2,1-2H3,(H,30,34)(H,28,31,32)/t17-,18?,20?/m0/s1. The topological polar surface area (TPSA) is 132 Å². The van der Waals surface area contributed by atoms with Crippen LogP contribution in [0.4, 0.5) is 11.6 Å². The van der Waals surface area contributed by atoms with Crippen LogP contribution >= 0.6 is 0 Å². The summed E-state index contributed by atoms with van der Waals surface area (Å²) >= 11 is 0. The van der Waals surface area contributed by atoms with E-state index in [9.17, 15) is 4.79 Å². The first kappa shape index (κ1) is 22.9. The van der Waals surface area contributed by atoms with E-state index in [1.165, 1.54) is 0 Å². The molecule has 9 nitrogen and oxygen atoms in total. The first-order valence-corrected chi connectivity index (χ1v) is 11.3. The fraction of sp³-hybridized carbons (Fsp3) is 0.360. The zero-order valence-corrected chi connectivity index (χ0v) is 19.2. The van der Waals surface area contributed by atoms with E-state index < -0.39 is 6.04 Å². The van der Waals surface area contributed by atoms with Crippen LogP contribution in [-0.2, 0) is 0 Å². The first-order valence-electron chi connectivity index (χ1n) is 11.3. The van der Waals surface area contributed by atoms with Crippen LogP contribution in [0.1, 0.15) is 54.6 Å². The van der Waals surface area contributed by atoms with E-state index in [1.54, 1.807) is 31.5 Å². The molecule has 2 heterocycles. The molecule has 0 unspecified atom stereocenters. The molecule has 3 aromatic rings. The van der Waals surface area contributed by atoms with Crippen LogP contribution in [-0.4, -0.2) is 31.7 Å². The Morgan fingerprint density at radius 3 is 2.68 bits per heavy atom. The van der Waals surface area contributed by atoms with Crippen LogP contribution in [0.2, 0.25) is 0 Å². The molecule has 0 aliphatic heterocycles. The van der Waals surface area contributed by atoms with Gasteiger partial charge in [0.05, 0.1) is 35.8 Å². The molecule has 0 bridgehead atoms. The normalized spacial score (nSPS) is 18.4. The molecule has 1 aliphatic rings. The van der Waals surface area contributed by atoms with E-state index in [4.69, 9.17) is 10.5 Å². The number of anilines is 2. The quantitative estimate of drug-likeness (QED) is 0.568. The van der Waals surface area contributed by atoms with Gasteiger partial charge in [-0.3, -0.25) is 9.48 Å². The number of aryl methyl sites for hydroxylation is 1. The second-order valence-electron chi connectivity index (χ2n) is 8.56. The van der Waals surface area contributed by atoms with Crippen LogP contribution in [0.5, 0.6) is 0 Å². The highest BCUT2D eigenvalue weighted by Gasteiger charge is 2.23. The highest BCUT2D eigenvalue weighted by Crippen LogP contribution is 2.32. The summed E-state index contributed by atoms with van der Waals surface area (Å²) in [6.45, 7) is 3.52.